The number of benzene rings is 2. The Hall–Kier alpha value is -4.05. The fourth-order valence-electron chi connectivity index (χ4n) is 3.77. The van der Waals surface area contributed by atoms with Gasteiger partial charge in [-0.1, -0.05) is 54.2 Å². The lowest BCUT2D eigenvalue weighted by Gasteiger charge is -2.22. The average Bonchev–Trinajstić information content (AvgIpc) is 3.63. The molecule has 5 rings (SSSR count). The van der Waals surface area contributed by atoms with Crippen molar-refractivity contribution in [1.82, 2.24) is 19.9 Å². The Morgan fingerprint density at radius 2 is 1.91 bits per heavy atom. The van der Waals surface area contributed by atoms with E-state index in [-0.39, 0.29) is 17.7 Å². The third-order valence-electron chi connectivity index (χ3n) is 5.50. The zero-order valence-electron chi connectivity index (χ0n) is 18.4. The zero-order chi connectivity index (χ0) is 23.5. The minimum Gasteiger partial charge on any atom is -0.497 e. The summed E-state index contributed by atoms with van der Waals surface area (Å²) in [7, 11) is 1.63. The predicted molar refractivity (Wildman–Crippen MR) is 129 cm³/mol. The normalized spacial score (nSPS) is 15.4. The van der Waals surface area contributed by atoms with E-state index in [9.17, 15) is 4.79 Å². The lowest BCUT2D eigenvalue weighted by atomic mass is 9.98. The van der Waals surface area contributed by atoms with Gasteiger partial charge in [-0.15, -0.1) is 10.2 Å². The number of methoxy groups -OCH3 is 1. The van der Waals surface area contributed by atoms with Gasteiger partial charge in [0.25, 0.3) is 5.91 Å². The predicted octanol–water partition coefficient (Wildman–Crippen LogP) is 3.73. The first-order valence-corrected chi connectivity index (χ1v) is 11.6. The van der Waals surface area contributed by atoms with E-state index in [1.807, 2.05) is 54.6 Å². The summed E-state index contributed by atoms with van der Waals surface area (Å²) in [5, 5.41) is 14.8. The number of hydrogen-bond donors (Lipinski definition) is 1. The quantitative estimate of drug-likeness (QED) is 0.321. The molecule has 0 fully saturated rings. The highest BCUT2D eigenvalue weighted by Crippen LogP contribution is 2.34. The van der Waals surface area contributed by atoms with Crippen LogP contribution in [0.2, 0.25) is 0 Å². The van der Waals surface area contributed by atoms with E-state index in [4.69, 9.17) is 20.1 Å². The van der Waals surface area contributed by atoms with Crippen molar-refractivity contribution in [3.8, 4) is 17.3 Å². The molecule has 0 unspecified atom stereocenters. The van der Waals surface area contributed by atoms with Crippen LogP contribution in [0.4, 0.5) is 0 Å². The molecule has 2 N–H and O–H groups in total. The smallest absolute Gasteiger partial charge is 0.253 e. The molecule has 1 amide bonds. The minimum atomic E-state index is -0.219. The van der Waals surface area contributed by atoms with Gasteiger partial charge in [-0.3, -0.25) is 4.79 Å². The standard InChI is InChI=1S/C24H22N6O3S/c1-32-18-11-9-17(10-12-18)20-14-19(16-6-3-2-4-7-16)28-30(20)22(31)15-34-24-27-26-23(29(24)25)21-8-5-13-33-21/h2-13,20H,14-15,25H2,1H3/t20-/m0/s1. The molecule has 0 saturated heterocycles. The fourth-order valence-corrected chi connectivity index (χ4v) is 4.48. The second kappa shape index (κ2) is 9.44. The summed E-state index contributed by atoms with van der Waals surface area (Å²) in [5.41, 5.74) is 2.84. The lowest BCUT2D eigenvalue weighted by Crippen LogP contribution is -2.28. The van der Waals surface area contributed by atoms with Crippen LogP contribution in [0.1, 0.15) is 23.6 Å². The molecule has 34 heavy (non-hydrogen) atoms. The number of nitrogens with zero attached hydrogens (tertiary/aromatic N) is 5. The second-order valence-electron chi connectivity index (χ2n) is 7.59. The molecule has 0 aliphatic carbocycles. The molecule has 9 nitrogen and oxygen atoms in total. The van der Waals surface area contributed by atoms with Crippen molar-refractivity contribution in [1.29, 1.82) is 0 Å². The molecule has 0 radical (unpaired) electrons. The number of amides is 1. The Kier molecular flexibility index (Phi) is 6.05. The number of carbonyl (C=O) groups is 1. The van der Waals surface area contributed by atoms with Gasteiger partial charge in [0.1, 0.15) is 5.75 Å². The van der Waals surface area contributed by atoms with Gasteiger partial charge in [0.2, 0.25) is 11.0 Å². The van der Waals surface area contributed by atoms with Gasteiger partial charge in [0, 0.05) is 6.42 Å². The third kappa shape index (κ3) is 4.27. The molecule has 2 aromatic carbocycles. The first-order chi connectivity index (χ1) is 16.6. The summed E-state index contributed by atoms with van der Waals surface area (Å²) in [5.74, 6) is 7.73. The summed E-state index contributed by atoms with van der Waals surface area (Å²) >= 11 is 1.20. The molecule has 1 aliphatic rings. The SMILES string of the molecule is COc1ccc([C@@H]2CC(c3ccccc3)=NN2C(=O)CSc2nnc(-c3ccco3)n2N)cc1. The van der Waals surface area contributed by atoms with Crippen molar-refractivity contribution in [3.63, 3.8) is 0 Å². The van der Waals surface area contributed by atoms with Crippen LogP contribution >= 0.6 is 11.8 Å². The highest BCUT2D eigenvalue weighted by molar-refractivity contribution is 7.99. The Balaban J connectivity index is 1.37. The number of hydrogen-bond acceptors (Lipinski definition) is 8. The van der Waals surface area contributed by atoms with Crippen molar-refractivity contribution in [2.45, 2.75) is 17.6 Å². The summed E-state index contributed by atoms with van der Waals surface area (Å²) in [4.78, 5) is 13.3. The van der Waals surface area contributed by atoms with Crippen molar-refractivity contribution < 1.29 is 13.9 Å². The number of nitrogen functional groups attached to an aromatic ring is 1. The van der Waals surface area contributed by atoms with Crippen molar-refractivity contribution in [3.05, 3.63) is 84.1 Å². The molecule has 0 spiro atoms. The first-order valence-electron chi connectivity index (χ1n) is 10.6. The van der Waals surface area contributed by atoms with E-state index in [1.165, 1.54) is 22.7 Å². The third-order valence-corrected chi connectivity index (χ3v) is 6.43. The molecule has 172 valence electrons. The van der Waals surface area contributed by atoms with Gasteiger partial charge in [0.15, 0.2) is 5.76 Å². The lowest BCUT2D eigenvalue weighted by molar-refractivity contribution is -0.130. The van der Waals surface area contributed by atoms with E-state index in [1.54, 1.807) is 24.3 Å². The fraction of sp³-hybridized carbons (Fsp3) is 0.167. The van der Waals surface area contributed by atoms with Crippen LogP contribution in [-0.2, 0) is 4.79 Å². The summed E-state index contributed by atoms with van der Waals surface area (Å²) < 4.78 is 11.9. The van der Waals surface area contributed by atoms with Crippen LogP contribution in [0.5, 0.6) is 5.75 Å². The molecular formula is C24H22N6O3S. The average molecular weight is 475 g/mol. The molecule has 4 aromatic rings. The molecule has 1 aliphatic heterocycles. The van der Waals surface area contributed by atoms with Gasteiger partial charge in [0.05, 0.1) is 30.9 Å². The molecular weight excluding hydrogens is 452 g/mol. The van der Waals surface area contributed by atoms with Gasteiger partial charge < -0.3 is 15.0 Å². The van der Waals surface area contributed by atoms with Crippen LogP contribution < -0.4 is 10.6 Å². The van der Waals surface area contributed by atoms with Crippen molar-refractivity contribution in [2.24, 2.45) is 5.10 Å². The number of ether oxygens (including phenoxy) is 1. The van der Waals surface area contributed by atoms with Gasteiger partial charge in [-0.25, -0.2) is 9.69 Å². The summed E-state index contributed by atoms with van der Waals surface area (Å²) in [6.07, 6.45) is 2.15. The number of nitrogens with two attached hydrogens (primary N) is 1. The van der Waals surface area contributed by atoms with E-state index < -0.39 is 0 Å². The maximum absolute atomic E-state index is 13.3. The molecule has 2 aromatic heterocycles. The van der Waals surface area contributed by atoms with E-state index >= 15 is 0 Å². The van der Waals surface area contributed by atoms with E-state index in [0.717, 1.165) is 22.6 Å². The van der Waals surface area contributed by atoms with Crippen LogP contribution in [0.25, 0.3) is 11.6 Å². The molecule has 0 bridgehead atoms. The Bertz CT molecular complexity index is 1300. The Morgan fingerprint density at radius 1 is 1.12 bits per heavy atom. The van der Waals surface area contributed by atoms with Crippen LogP contribution in [0.15, 0.2) is 87.7 Å². The van der Waals surface area contributed by atoms with E-state index in [2.05, 4.69) is 10.2 Å². The van der Waals surface area contributed by atoms with Gasteiger partial charge in [-0.2, -0.15) is 5.10 Å². The number of furan rings is 1. The number of rotatable bonds is 7. The van der Waals surface area contributed by atoms with Gasteiger partial charge in [-0.05, 0) is 35.4 Å². The molecule has 10 heteroatoms. The second-order valence-corrected chi connectivity index (χ2v) is 8.53. The maximum atomic E-state index is 13.3. The van der Waals surface area contributed by atoms with Crippen molar-refractivity contribution in [2.75, 3.05) is 18.7 Å². The number of hydrazone groups is 1. The molecule has 0 saturated carbocycles. The largest absolute Gasteiger partial charge is 0.497 e. The summed E-state index contributed by atoms with van der Waals surface area (Å²) in [6.45, 7) is 0. The van der Waals surface area contributed by atoms with Gasteiger partial charge >= 0.3 is 0 Å². The number of aromatic nitrogens is 3. The number of carbonyl (C=O) groups excluding carboxylic acids is 1. The molecule has 3 heterocycles. The van der Waals surface area contributed by atoms with E-state index in [0.29, 0.717) is 23.2 Å². The minimum absolute atomic E-state index is 0.103. The summed E-state index contributed by atoms with van der Waals surface area (Å²) in [6, 6.07) is 20.9. The van der Waals surface area contributed by atoms with Crippen LogP contribution in [0.3, 0.4) is 0 Å². The Labute approximate surface area is 200 Å². The highest BCUT2D eigenvalue weighted by Gasteiger charge is 2.33. The Morgan fingerprint density at radius 3 is 2.62 bits per heavy atom. The molecule has 1 atom stereocenters. The maximum Gasteiger partial charge on any atom is 0.253 e. The highest BCUT2D eigenvalue weighted by atomic mass is 32.2. The van der Waals surface area contributed by atoms with Crippen molar-refractivity contribution >= 4 is 23.4 Å². The monoisotopic (exact) mass is 474 g/mol. The van der Waals surface area contributed by atoms with Crippen LogP contribution in [-0.4, -0.2) is 44.4 Å². The zero-order valence-corrected chi connectivity index (χ0v) is 19.2. The first kappa shape index (κ1) is 21.8. The van der Waals surface area contributed by atoms with Crippen LogP contribution in [0, 0.1) is 0 Å². The topological polar surface area (TPSA) is 112 Å². The number of thioether (sulfide) groups is 1.